The molecule has 0 fully saturated rings. The van der Waals surface area contributed by atoms with E-state index < -0.39 is 4.92 Å². The average molecular weight is 273 g/mol. The topological polar surface area (TPSA) is 81.2 Å². The van der Waals surface area contributed by atoms with Gasteiger partial charge in [-0.2, -0.15) is 0 Å². The number of imidazole rings is 1. The fraction of sp³-hybridized carbons (Fsp3) is 0.214. The van der Waals surface area contributed by atoms with Crippen LogP contribution >= 0.6 is 0 Å². The van der Waals surface area contributed by atoms with Crippen molar-refractivity contribution in [1.82, 2.24) is 9.55 Å². The van der Waals surface area contributed by atoms with Crippen LogP contribution in [0, 0.1) is 17.0 Å². The van der Waals surface area contributed by atoms with Crippen molar-refractivity contribution >= 4 is 18.0 Å². The number of hydrogen-bond acceptors (Lipinski definition) is 4. The molecule has 0 aliphatic carbocycles. The summed E-state index contributed by atoms with van der Waals surface area (Å²) in [7, 11) is 0. The van der Waals surface area contributed by atoms with Crippen molar-refractivity contribution in [3.05, 3.63) is 57.5 Å². The van der Waals surface area contributed by atoms with E-state index in [0.717, 1.165) is 5.56 Å². The van der Waals surface area contributed by atoms with Crippen LogP contribution in [0.1, 0.15) is 17.0 Å². The molecule has 0 unspecified atom stereocenters. The summed E-state index contributed by atoms with van der Waals surface area (Å²) in [5, 5.41) is 19.8. The second-order valence-electron chi connectivity index (χ2n) is 4.35. The number of aliphatic hydroxyl groups is 1. The lowest BCUT2D eigenvalue weighted by atomic mass is 10.1. The summed E-state index contributed by atoms with van der Waals surface area (Å²) in [5.74, 6) is 0.328. The van der Waals surface area contributed by atoms with Crippen molar-refractivity contribution in [3.63, 3.8) is 0 Å². The van der Waals surface area contributed by atoms with Gasteiger partial charge in [0, 0.05) is 6.08 Å². The molecule has 104 valence electrons. The predicted molar refractivity (Wildman–Crippen MR) is 76.1 cm³/mol. The Kier molecular flexibility index (Phi) is 4.27. The molecule has 1 heterocycles. The second kappa shape index (κ2) is 6.12. The van der Waals surface area contributed by atoms with E-state index in [1.807, 2.05) is 37.3 Å². The van der Waals surface area contributed by atoms with Crippen molar-refractivity contribution in [2.45, 2.75) is 13.5 Å². The van der Waals surface area contributed by atoms with E-state index in [1.165, 1.54) is 16.3 Å². The summed E-state index contributed by atoms with van der Waals surface area (Å²) in [4.78, 5) is 14.4. The first-order valence-corrected chi connectivity index (χ1v) is 6.17. The highest BCUT2D eigenvalue weighted by molar-refractivity contribution is 5.67. The Balaban J connectivity index is 2.28. The van der Waals surface area contributed by atoms with Crippen molar-refractivity contribution in [1.29, 1.82) is 0 Å². The molecule has 0 bridgehead atoms. The number of rotatable bonds is 5. The number of benzene rings is 1. The van der Waals surface area contributed by atoms with E-state index >= 15 is 0 Å². The van der Waals surface area contributed by atoms with Gasteiger partial charge in [-0.15, -0.1) is 0 Å². The first kappa shape index (κ1) is 14.0. The maximum atomic E-state index is 10.9. The smallest absolute Gasteiger partial charge is 0.343 e. The highest BCUT2D eigenvalue weighted by Gasteiger charge is 2.17. The zero-order valence-corrected chi connectivity index (χ0v) is 11.1. The summed E-state index contributed by atoms with van der Waals surface area (Å²) in [5.41, 5.74) is 2.15. The third kappa shape index (κ3) is 3.10. The van der Waals surface area contributed by atoms with Crippen molar-refractivity contribution in [2.75, 3.05) is 6.61 Å². The Morgan fingerprint density at radius 2 is 2.05 bits per heavy atom. The largest absolute Gasteiger partial charge is 0.392 e. The van der Waals surface area contributed by atoms with Crippen molar-refractivity contribution in [3.8, 4) is 0 Å². The van der Waals surface area contributed by atoms with Crippen molar-refractivity contribution in [2.24, 2.45) is 0 Å². The molecule has 0 saturated heterocycles. The van der Waals surface area contributed by atoms with E-state index in [9.17, 15) is 10.1 Å². The standard InChI is InChI=1S/C14H15N3O3/c1-11-2-4-12(5-3-11)6-7-13-15-10-14(17(19)20)16(13)8-9-18/h2-7,10,18H,8-9H2,1H3/b7-6+. The number of hydrogen-bond donors (Lipinski definition) is 1. The molecule has 0 aliphatic heterocycles. The van der Waals surface area contributed by atoms with Gasteiger partial charge in [-0.05, 0) is 23.5 Å². The quantitative estimate of drug-likeness (QED) is 0.669. The van der Waals surface area contributed by atoms with E-state index in [1.54, 1.807) is 6.08 Å². The number of nitro groups is 1. The Hall–Kier alpha value is -2.47. The van der Waals surface area contributed by atoms with Crippen LogP contribution in [0.4, 0.5) is 5.82 Å². The molecule has 1 N–H and O–H groups in total. The maximum Gasteiger partial charge on any atom is 0.343 e. The molecule has 1 aromatic heterocycles. The van der Waals surface area contributed by atoms with Crippen LogP contribution in [0.5, 0.6) is 0 Å². The summed E-state index contributed by atoms with van der Waals surface area (Å²) < 4.78 is 1.38. The molecule has 6 heteroatoms. The molecular formula is C14H15N3O3. The predicted octanol–water partition coefficient (Wildman–Crippen LogP) is 2.26. The molecule has 6 nitrogen and oxygen atoms in total. The van der Waals surface area contributed by atoms with Gasteiger partial charge in [-0.1, -0.05) is 29.8 Å². The van der Waals surface area contributed by atoms with Gasteiger partial charge in [-0.3, -0.25) is 0 Å². The minimum absolute atomic E-state index is 0.123. The monoisotopic (exact) mass is 273 g/mol. The first-order chi connectivity index (χ1) is 9.61. The van der Waals surface area contributed by atoms with E-state index in [-0.39, 0.29) is 19.0 Å². The van der Waals surface area contributed by atoms with Crippen LogP contribution in [0.15, 0.2) is 30.5 Å². The van der Waals surface area contributed by atoms with Gasteiger partial charge in [0.25, 0.3) is 0 Å². The highest BCUT2D eigenvalue weighted by atomic mass is 16.6. The SMILES string of the molecule is Cc1ccc(/C=C/c2ncc([N+](=O)[O-])n2CCO)cc1. The Labute approximate surface area is 116 Å². The minimum Gasteiger partial charge on any atom is -0.392 e. The zero-order valence-electron chi connectivity index (χ0n) is 11.1. The van der Waals surface area contributed by atoms with Crippen LogP contribution in [0.2, 0.25) is 0 Å². The summed E-state index contributed by atoms with van der Waals surface area (Å²) >= 11 is 0. The fourth-order valence-corrected chi connectivity index (χ4v) is 1.84. The second-order valence-corrected chi connectivity index (χ2v) is 4.35. The summed E-state index contributed by atoms with van der Waals surface area (Å²) in [6.07, 6.45) is 4.73. The normalized spacial score (nSPS) is 11.1. The molecule has 2 aromatic rings. The Morgan fingerprint density at radius 1 is 1.35 bits per heavy atom. The van der Waals surface area contributed by atoms with E-state index in [2.05, 4.69) is 4.98 Å². The molecule has 0 saturated carbocycles. The number of aromatic nitrogens is 2. The van der Waals surface area contributed by atoms with Gasteiger partial charge < -0.3 is 15.2 Å². The average Bonchev–Trinajstić information content (AvgIpc) is 2.82. The van der Waals surface area contributed by atoms with Crippen LogP contribution in [0.25, 0.3) is 12.2 Å². The summed E-state index contributed by atoms with van der Waals surface area (Å²) in [6.45, 7) is 1.97. The molecule has 20 heavy (non-hydrogen) atoms. The maximum absolute atomic E-state index is 10.9. The van der Waals surface area contributed by atoms with E-state index in [4.69, 9.17) is 5.11 Å². The number of aliphatic hydroxyl groups excluding tert-OH is 1. The Bertz CT molecular complexity index is 630. The fourth-order valence-electron chi connectivity index (χ4n) is 1.84. The molecule has 1 aromatic carbocycles. The number of aryl methyl sites for hydroxylation is 1. The van der Waals surface area contributed by atoms with Crippen LogP contribution in [-0.2, 0) is 6.54 Å². The van der Waals surface area contributed by atoms with Gasteiger partial charge in [0.05, 0.1) is 6.61 Å². The molecule has 0 atom stereocenters. The van der Waals surface area contributed by atoms with Gasteiger partial charge in [0.15, 0.2) is 0 Å². The van der Waals surface area contributed by atoms with Crippen molar-refractivity contribution < 1.29 is 10.0 Å². The van der Waals surface area contributed by atoms with Gasteiger partial charge >= 0.3 is 5.82 Å². The molecule has 2 rings (SSSR count). The lowest BCUT2D eigenvalue weighted by molar-refractivity contribution is -0.392. The van der Waals surface area contributed by atoms with Crippen LogP contribution in [0.3, 0.4) is 0 Å². The van der Waals surface area contributed by atoms with Gasteiger partial charge in [-0.25, -0.2) is 9.55 Å². The van der Waals surface area contributed by atoms with E-state index in [0.29, 0.717) is 5.82 Å². The number of nitrogens with zero attached hydrogens (tertiary/aromatic N) is 3. The van der Waals surface area contributed by atoms with Gasteiger partial charge in [0.2, 0.25) is 5.82 Å². The van der Waals surface area contributed by atoms with Crippen LogP contribution in [-0.4, -0.2) is 26.2 Å². The minimum atomic E-state index is -0.508. The molecule has 0 radical (unpaired) electrons. The highest BCUT2D eigenvalue weighted by Crippen LogP contribution is 2.16. The molecule has 0 aliphatic rings. The summed E-state index contributed by atoms with van der Waals surface area (Å²) in [6, 6.07) is 7.89. The van der Waals surface area contributed by atoms with Crippen LogP contribution < -0.4 is 0 Å². The zero-order chi connectivity index (χ0) is 14.5. The lowest BCUT2D eigenvalue weighted by Crippen LogP contribution is -2.07. The molecule has 0 spiro atoms. The Morgan fingerprint density at radius 3 is 2.65 bits per heavy atom. The lowest BCUT2D eigenvalue weighted by Gasteiger charge is -2.00. The first-order valence-electron chi connectivity index (χ1n) is 6.17. The van der Waals surface area contributed by atoms with Gasteiger partial charge in [0.1, 0.15) is 12.7 Å². The third-order valence-corrected chi connectivity index (χ3v) is 2.88. The molecular weight excluding hydrogens is 258 g/mol. The third-order valence-electron chi connectivity index (χ3n) is 2.88. The molecule has 0 amide bonds.